The molecule has 0 unspecified atom stereocenters. The number of hydrogen-bond acceptors (Lipinski definition) is 3. The first-order valence-electron chi connectivity index (χ1n) is 4.22. The van der Waals surface area contributed by atoms with Gasteiger partial charge in [-0.15, -0.1) is 0 Å². The standard InChI is InChI=1S/C9H8FNO3/c10-6-4-11-7(9(12)13)3-8(6)14-5-1-2-5/h3-5H,1-2H2,(H,12,13). The third-order valence-corrected chi connectivity index (χ3v) is 1.86. The lowest BCUT2D eigenvalue weighted by Gasteiger charge is -2.05. The molecule has 0 aliphatic heterocycles. The zero-order chi connectivity index (χ0) is 10.1. The number of rotatable bonds is 3. The molecular formula is C9H8FNO3. The largest absolute Gasteiger partial charge is 0.487 e. The van der Waals surface area contributed by atoms with E-state index < -0.39 is 11.8 Å². The summed E-state index contributed by atoms with van der Waals surface area (Å²) in [6, 6.07) is 1.11. The lowest BCUT2D eigenvalue weighted by atomic mass is 10.3. The quantitative estimate of drug-likeness (QED) is 0.796. The maximum atomic E-state index is 13.0. The molecule has 1 fully saturated rings. The van der Waals surface area contributed by atoms with E-state index in [1.165, 1.54) is 0 Å². The molecule has 1 aliphatic rings. The summed E-state index contributed by atoms with van der Waals surface area (Å²) in [5.41, 5.74) is -0.206. The van der Waals surface area contributed by atoms with Gasteiger partial charge in [0.25, 0.3) is 0 Å². The number of carboxylic acids is 1. The molecule has 0 aromatic carbocycles. The van der Waals surface area contributed by atoms with E-state index in [4.69, 9.17) is 9.84 Å². The SMILES string of the molecule is O=C(O)c1cc(OC2CC2)c(F)cn1. The van der Waals surface area contributed by atoms with Gasteiger partial charge in [0.15, 0.2) is 17.3 Å². The molecular weight excluding hydrogens is 189 g/mol. The minimum atomic E-state index is -1.19. The lowest BCUT2D eigenvalue weighted by molar-refractivity contribution is 0.0689. The van der Waals surface area contributed by atoms with Crippen LogP contribution in [-0.2, 0) is 0 Å². The topological polar surface area (TPSA) is 59.4 Å². The number of carbonyl (C=O) groups is 1. The van der Waals surface area contributed by atoms with Gasteiger partial charge in [-0.05, 0) is 12.8 Å². The summed E-state index contributed by atoms with van der Waals surface area (Å²) in [6.07, 6.45) is 2.68. The van der Waals surface area contributed by atoms with Crippen molar-refractivity contribution in [3.63, 3.8) is 0 Å². The van der Waals surface area contributed by atoms with E-state index in [0.717, 1.165) is 25.1 Å². The van der Waals surface area contributed by atoms with Crippen LogP contribution in [0.15, 0.2) is 12.3 Å². The van der Waals surface area contributed by atoms with Crippen LogP contribution in [-0.4, -0.2) is 22.2 Å². The molecule has 5 heteroatoms. The summed E-state index contributed by atoms with van der Waals surface area (Å²) in [5.74, 6) is -1.84. The Bertz CT molecular complexity index is 376. The number of aromatic nitrogens is 1. The molecule has 14 heavy (non-hydrogen) atoms. The fraction of sp³-hybridized carbons (Fsp3) is 0.333. The van der Waals surface area contributed by atoms with Crippen molar-refractivity contribution in [3.05, 3.63) is 23.8 Å². The molecule has 2 rings (SSSR count). The van der Waals surface area contributed by atoms with Gasteiger partial charge in [0.2, 0.25) is 0 Å². The molecule has 4 nitrogen and oxygen atoms in total. The van der Waals surface area contributed by atoms with Crippen LogP contribution in [0.1, 0.15) is 23.3 Å². The Morgan fingerprint density at radius 2 is 2.36 bits per heavy atom. The van der Waals surface area contributed by atoms with E-state index in [1.807, 2.05) is 0 Å². The lowest BCUT2D eigenvalue weighted by Crippen LogP contribution is -2.04. The van der Waals surface area contributed by atoms with Crippen LogP contribution in [0.2, 0.25) is 0 Å². The van der Waals surface area contributed by atoms with Gasteiger partial charge >= 0.3 is 5.97 Å². The molecule has 1 aromatic rings. The van der Waals surface area contributed by atoms with E-state index in [1.54, 1.807) is 0 Å². The van der Waals surface area contributed by atoms with Gasteiger partial charge in [0.05, 0.1) is 12.3 Å². The molecule has 1 heterocycles. The van der Waals surface area contributed by atoms with Gasteiger partial charge in [0.1, 0.15) is 0 Å². The second kappa shape index (κ2) is 3.25. The molecule has 0 bridgehead atoms. The molecule has 74 valence electrons. The summed E-state index contributed by atoms with van der Waals surface area (Å²) >= 11 is 0. The number of ether oxygens (including phenoxy) is 1. The maximum Gasteiger partial charge on any atom is 0.354 e. The molecule has 1 aliphatic carbocycles. The molecule has 0 radical (unpaired) electrons. The minimum absolute atomic E-state index is 0.0279. The van der Waals surface area contributed by atoms with Gasteiger partial charge in [-0.1, -0.05) is 0 Å². The van der Waals surface area contributed by atoms with Crippen molar-refractivity contribution < 1.29 is 19.0 Å². The predicted molar refractivity (Wildman–Crippen MR) is 44.8 cm³/mol. The first-order chi connectivity index (χ1) is 6.66. The number of carboxylic acid groups (broad SMARTS) is 1. The number of halogens is 1. The summed E-state index contributed by atoms with van der Waals surface area (Å²) in [5, 5.41) is 8.61. The second-order valence-corrected chi connectivity index (χ2v) is 3.12. The first kappa shape index (κ1) is 8.93. The third-order valence-electron chi connectivity index (χ3n) is 1.86. The van der Waals surface area contributed by atoms with Crippen molar-refractivity contribution >= 4 is 5.97 Å². The van der Waals surface area contributed by atoms with Crippen molar-refractivity contribution in [2.75, 3.05) is 0 Å². The molecule has 0 atom stereocenters. The average Bonchev–Trinajstić information content (AvgIpc) is 2.92. The second-order valence-electron chi connectivity index (χ2n) is 3.12. The normalized spacial score (nSPS) is 15.2. The Hall–Kier alpha value is -1.65. The Kier molecular flexibility index (Phi) is 2.07. The van der Waals surface area contributed by atoms with E-state index in [-0.39, 0.29) is 17.5 Å². The molecule has 0 saturated heterocycles. The fourth-order valence-electron chi connectivity index (χ4n) is 0.993. The monoisotopic (exact) mass is 197 g/mol. The van der Waals surface area contributed by atoms with Gasteiger partial charge in [-0.2, -0.15) is 0 Å². The van der Waals surface area contributed by atoms with E-state index in [2.05, 4.69) is 4.98 Å². The number of nitrogens with zero attached hydrogens (tertiary/aromatic N) is 1. The molecule has 1 N–H and O–H groups in total. The summed E-state index contributed by atoms with van der Waals surface area (Å²) in [7, 11) is 0. The summed E-state index contributed by atoms with van der Waals surface area (Å²) in [6.45, 7) is 0. The van der Waals surface area contributed by atoms with Crippen LogP contribution in [0.3, 0.4) is 0 Å². The number of hydrogen-bond donors (Lipinski definition) is 1. The molecule has 1 aromatic heterocycles. The minimum Gasteiger partial charge on any atom is -0.487 e. The zero-order valence-electron chi connectivity index (χ0n) is 7.24. The highest BCUT2D eigenvalue weighted by Gasteiger charge is 2.25. The predicted octanol–water partition coefficient (Wildman–Crippen LogP) is 1.46. The van der Waals surface area contributed by atoms with Crippen LogP contribution in [0.5, 0.6) is 5.75 Å². The van der Waals surface area contributed by atoms with Crippen molar-refractivity contribution in [2.24, 2.45) is 0 Å². The molecule has 0 amide bonds. The fourth-order valence-corrected chi connectivity index (χ4v) is 0.993. The average molecular weight is 197 g/mol. The zero-order valence-corrected chi connectivity index (χ0v) is 7.24. The van der Waals surface area contributed by atoms with Gasteiger partial charge in [-0.3, -0.25) is 0 Å². The Morgan fingerprint density at radius 3 is 2.93 bits per heavy atom. The van der Waals surface area contributed by atoms with E-state index >= 15 is 0 Å². The van der Waals surface area contributed by atoms with Crippen LogP contribution >= 0.6 is 0 Å². The molecule has 0 spiro atoms. The van der Waals surface area contributed by atoms with Crippen LogP contribution in [0.4, 0.5) is 4.39 Å². The summed E-state index contributed by atoms with van der Waals surface area (Å²) < 4.78 is 18.2. The van der Waals surface area contributed by atoms with Crippen molar-refractivity contribution in [2.45, 2.75) is 18.9 Å². The number of pyridine rings is 1. The van der Waals surface area contributed by atoms with Gasteiger partial charge < -0.3 is 9.84 Å². The van der Waals surface area contributed by atoms with Crippen LogP contribution in [0.25, 0.3) is 0 Å². The smallest absolute Gasteiger partial charge is 0.354 e. The Balaban J connectivity index is 2.26. The first-order valence-corrected chi connectivity index (χ1v) is 4.22. The number of aromatic carboxylic acids is 1. The van der Waals surface area contributed by atoms with E-state index in [9.17, 15) is 9.18 Å². The Morgan fingerprint density at radius 1 is 1.64 bits per heavy atom. The van der Waals surface area contributed by atoms with E-state index in [0.29, 0.717) is 0 Å². The van der Waals surface area contributed by atoms with Crippen LogP contribution < -0.4 is 4.74 Å². The van der Waals surface area contributed by atoms with Crippen molar-refractivity contribution in [1.82, 2.24) is 4.98 Å². The highest BCUT2D eigenvalue weighted by Crippen LogP contribution is 2.28. The highest BCUT2D eigenvalue weighted by atomic mass is 19.1. The highest BCUT2D eigenvalue weighted by molar-refractivity contribution is 5.85. The van der Waals surface area contributed by atoms with Crippen molar-refractivity contribution in [1.29, 1.82) is 0 Å². The molecule has 1 saturated carbocycles. The van der Waals surface area contributed by atoms with Crippen LogP contribution in [0, 0.1) is 5.82 Å². The van der Waals surface area contributed by atoms with Crippen molar-refractivity contribution in [3.8, 4) is 5.75 Å². The van der Waals surface area contributed by atoms with Gasteiger partial charge in [-0.25, -0.2) is 14.2 Å². The third kappa shape index (κ3) is 1.81. The Labute approximate surface area is 79.3 Å². The maximum absolute atomic E-state index is 13.0. The summed E-state index contributed by atoms with van der Waals surface area (Å²) in [4.78, 5) is 13.9. The van der Waals surface area contributed by atoms with Gasteiger partial charge in [0, 0.05) is 6.07 Å².